The van der Waals surface area contributed by atoms with E-state index in [9.17, 15) is 9.90 Å². The summed E-state index contributed by atoms with van der Waals surface area (Å²) in [7, 11) is 0. The van der Waals surface area contributed by atoms with Crippen LogP contribution < -0.4 is 10.6 Å². The maximum absolute atomic E-state index is 12.2. The first-order chi connectivity index (χ1) is 9.08. The van der Waals surface area contributed by atoms with Crippen LogP contribution in [-0.2, 0) is 4.79 Å². The van der Waals surface area contributed by atoms with E-state index in [0.717, 1.165) is 18.5 Å². The number of phenolic OH excluding ortho intramolecular Hbond substituents is 1. The second kappa shape index (κ2) is 7.79. The van der Waals surface area contributed by atoms with Crippen molar-refractivity contribution in [2.75, 3.05) is 18.0 Å². The lowest BCUT2D eigenvalue weighted by Crippen LogP contribution is -2.30. The number of nitrogens with two attached hydrogens (primary N) is 1. The summed E-state index contributed by atoms with van der Waals surface area (Å²) in [5, 5.41) is 9.48. The molecule has 0 aliphatic carbocycles. The standard InChI is InChI=1S/C15H24N2O2/c1-3-17(13-5-4-6-14(18)11-13)15(19)8-7-12(2)9-10-16/h4-6,11-12,18H,3,7-10,16H2,1-2H3. The van der Waals surface area contributed by atoms with Gasteiger partial charge in [-0.3, -0.25) is 4.79 Å². The van der Waals surface area contributed by atoms with Crippen molar-refractivity contribution in [1.29, 1.82) is 0 Å². The maximum atomic E-state index is 12.2. The summed E-state index contributed by atoms with van der Waals surface area (Å²) in [5.41, 5.74) is 6.26. The molecule has 0 saturated carbocycles. The fourth-order valence-corrected chi connectivity index (χ4v) is 2.10. The van der Waals surface area contributed by atoms with Gasteiger partial charge in [-0.1, -0.05) is 13.0 Å². The minimum Gasteiger partial charge on any atom is -0.508 e. The first-order valence-corrected chi connectivity index (χ1v) is 6.88. The highest BCUT2D eigenvalue weighted by atomic mass is 16.3. The Morgan fingerprint density at radius 2 is 2.16 bits per heavy atom. The molecule has 0 fully saturated rings. The van der Waals surface area contributed by atoms with Crippen molar-refractivity contribution < 1.29 is 9.90 Å². The smallest absolute Gasteiger partial charge is 0.226 e. The number of hydrogen-bond acceptors (Lipinski definition) is 3. The summed E-state index contributed by atoms with van der Waals surface area (Å²) in [6.45, 7) is 5.32. The SMILES string of the molecule is CCN(C(=O)CCC(C)CCN)c1cccc(O)c1. The highest BCUT2D eigenvalue weighted by Crippen LogP contribution is 2.21. The average Bonchev–Trinajstić information content (AvgIpc) is 2.38. The molecule has 1 atom stereocenters. The van der Waals surface area contributed by atoms with Gasteiger partial charge < -0.3 is 15.7 Å². The Morgan fingerprint density at radius 1 is 1.42 bits per heavy atom. The minimum atomic E-state index is 0.0944. The van der Waals surface area contributed by atoms with Gasteiger partial charge in [-0.15, -0.1) is 0 Å². The lowest BCUT2D eigenvalue weighted by atomic mass is 10.0. The lowest BCUT2D eigenvalue weighted by Gasteiger charge is -2.22. The summed E-state index contributed by atoms with van der Waals surface area (Å²) < 4.78 is 0. The zero-order valence-corrected chi connectivity index (χ0v) is 11.8. The van der Waals surface area contributed by atoms with Gasteiger partial charge >= 0.3 is 0 Å². The minimum absolute atomic E-state index is 0.0944. The zero-order valence-electron chi connectivity index (χ0n) is 11.8. The number of amides is 1. The van der Waals surface area contributed by atoms with Crippen molar-refractivity contribution >= 4 is 11.6 Å². The van der Waals surface area contributed by atoms with Gasteiger partial charge in [-0.2, -0.15) is 0 Å². The van der Waals surface area contributed by atoms with Crippen LogP contribution >= 0.6 is 0 Å². The molecule has 1 rings (SSSR count). The largest absolute Gasteiger partial charge is 0.508 e. The number of anilines is 1. The fourth-order valence-electron chi connectivity index (χ4n) is 2.10. The third-order valence-corrected chi connectivity index (χ3v) is 3.27. The third-order valence-electron chi connectivity index (χ3n) is 3.27. The van der Waals surface area contributed by atoms with Crippen molar-refractivity contribution in [1.82, 2.24) is 0 Å². The number of carbonyl (C=O) groups is 1. The summed E-state index contributed by atoms with van der Waals surface area (Å²) in [6.07, 6.45) is 2.32. The molecular formula is C15H24N2O2. The van der Waals surface area contributed by atoms with Crippen LogP contribution in [0.15, 0.2) is 24.3 Å². The molecule has 1 unspecified atom stereocenters. The van der Waals surface area contributed by atoms with Crippen LogP contribution in [0.5, 0.6) is 5.75 Å². The first-order valence-electron chi connectivity index (χ1n) is 6.88. The molecule has 0 aromatic heterocycles. The van der Waals surface area contributed by atoms with Crippen molar-refractivity contribution in [3.8, 4) is 5.75 Å². The summed E-state index contributed by atoms with van der Waals surface area (Å²) in [4.78, 5) is 13.9. The van der Waals surface area contributed by atoms with Crippen LogP contribution in [-0.4, -0.2) is 24.1 Å². The Morgan fingerprint density at radius 3 is 2.74 bits per heavy atom. The van der Waals surface area contributed by atoms with E-state index >= 15 is 0 Å². The molecule has 0 saturated heterocycles. The number of phenols is 1. The van der Waals surface area contributed by atoms with E-state index in [2.05, 4.69) is 6.92 Å². The number of benzene rings is 1. The van der Waals surface area contributed by atoms with Gasteiger partial charge in [-0.05, 0) is 44.4 Å². The molecule has 0 heterocycles. The Balaban J connectivity index is 2.62. The van der Waals surface area contributed by atoms with Gasteiger partial charge in [0.2, 0.25) is 5.91 Å². The quantitative estimate of drug-likeness (QED) is 0.795. The number of carbonyl (C=O) groups excluding carboxylic acids is 1. The molecule has 0 aliphatic heterocycles. The van der Waals surface area contributed by atoms with Crippen molar-refractivity contribution in [2.24, 2.45) is 11.7 Å². The van der Waals surface area contributed by atoms with Gasteiger partial charge in [0, 0.05) is 24.7 Å². The molecule has 1 amide bonds. The topological polar surface area (TPSA) is 66.6 Å². The number of aromatic hydroxyl groups is 1. The summed E-state index contributed by atoms with van der Waals surface area (Å²) >= 11 is 0. The third kappa shape index (κ3) is 4.91. The van der Waals surface area contributed by atoms with Crippen molar-refractivity contribution in [3.63, 3.8) is 0 Å². The zero-order chi connectivity index (χ0) is 14.3. The lowest BCUT2D eigenvalue weighted by molar-refractivity contribution is -0.118. The van der Waals surface area contributed by atoms with E-state index in [1.165, 1.54) is 0 Å². The molecule has 0 spiro atoms. The van der Waals surface area contributed by atoms with E-state index in [1.807, 2.05) is 13.0 Å². The Labute approximate surface area is 115 Å². The van der Waals surface area contributed by atoms with Crippen LogP contribution in [0, 0.1) is 5.92 Å². The Kier molecular flexibility index (Phi) is 6.36. The number of rotatable bonds is 7. The number of nitrogens with zero attached hydrogens (tertiary/aromatic N) is 1. The molecule has 19 heavy (non-hydrogen) atoms. The first kappa shape index (κ1) is 15.5. The summed E-state index contributed by atoms with van der Waals surface area (Å²) in [5.74, 6) is 0.744. The van der Waals surface area contributed by atoms with Gasteiger partial charge in [-0.25, -0.2) is 0 Å². The van der Waals surface area contributed by atoms with Crippen LogP contribution in [0.1, 0.15) is 33.1 Å². The molecule has 3 N–H and O–H groups in total. The molecule has 1 aromatic carbocycles. The Bertz CT molecular complexity index is 407. The molecule has 4 nitrogen and oxygen atoms in total. The van der Waals surface area contributed by atoms with Crippen LogP contribution in [0.4, 0.5) is 5.69 Å². The number of hydrogen-bond donors (Lipinski definition) is 2. The molecule has 4 heteroatoms. The normalized spacial score (nSPS) is 12.2. The van der Waals surface area contributed by atoms with E-state index in [-0.39, 0.29) is 11.7 Å². The van der Waals surface area contributed by atoms with Crippen LogP contribution in [0.2, 0.25) is 0 Å². The molecule has 106 valence electrons. The van der Waals surface area contributed by atoms with Crippen molar-refractivity contribution in [2.45, 2.75) is 33.1 Å². The second-order valence-corrected chi connectivity index (χ2v) is 4.88. The van der Waals surface area contributed by atoms with E-state index in [0.29, 0.717) is 25.4 Å². The van der Waals surface area contributed by atoms with Crippen molar-refractivity contribution in [3.05, 3.63) is 24.3 Å². The predicted octanol–water partition coefficient (Wildman–Crippen LogP) is 2.51. The fraction of sp³-hybridized carbons (Fsp3) is 0.533. The van der Waals surface area contributed by atoms with Crippen LogP contribution in [0.25, 0.3) is 0 Å². The van der Waals surface area contributed by atoms with Gasteiger partial charge in [0.25, 0.3) is 0 Å². The second-order valence-electron chi connectivity index (χ2n) is 4.88. The molecule has 0 aliphatic rings. The highest BCUT2D eigenvalue weighted by molar-refractivity contribution is 5.93. The molecule has 0 bridgehead atoms. The molecule has 0 radical (unpaired) electrons. The molecule has 1 aromatic rings. The van der Waals surface area contributed by atoms with Gasteiger partial charge in [0.05, 0.1) is 0 Å². The Hall–Kier alpha value is -1.55. The predicted molar refractivity (Wildman–Crippen MR) is 78.2 cm³/mol. The van der Waals surface area contributed by atoms with E-state index in [1.54, 1.807) is 23.1 Å². The molecular weight excluding hydrogens is 240 g/mol. The van der Waals surface area contributed by atoms with E-state index < -0.39 is 0 Å². The monoisotopic (exact) mass is 264 g/mol. The average molecular weight is 264 g/mol. The summed E-state index contributed by atoms with van der Waals surface area (Å²) in [6, 6.07) is 6.80. The van der Waals surface area contributed by atoms with Gasteiger partial charge in [0.1, 0.15) is 5.75 Å². The van der Waals surface area contributed by atoms with Crippen LogP contribution in [0.3, 0.4) is 0 Å². The van der Waals surface area contributed by atoms with Gasteiger partial charge in [0.15, 0.2) is 0 Å². The highest BCUT2D eigenvalue weighted by Gasteiger charge is 2.15. The maximum Gasteiger partial charge on any atom is 0.226 e. The van der Waals surface area contributed by atoms with E-state index in [4.69, 9.17) is 5.73 Å².